The van der Waals surface area contributed by atoms with E-state index in [9.17, 15) is 4.79 Å². The van der Waals surface area contributed by atoms with Gasteiger partial charge in [0.1, 0.15) is 10.7 Å². The van der Waals surface area contributed by atoms with E-state index >= 15 is 0 Å². The minimum atomic E-state index is -0.116. The molecule has 0 saturated heterocycles. The van der Waals surface area contributed by atoms with E-state index in [0.717, 1.165) is 29.8 Å². The van der Waals surface area contributed by atoms with Crippen LogP contribution in [-0.4, -0.2) is 23.5 Å². The summed E-state index contributed by atoms with van der Waals surface area (Å²) in [6.07, 6.45) is 3.21. The van der Waals surface area contributed by atoms with Gasteiger partial charge in [0.2, 0.25) is 0 Å². The van der Waals surface area contributed by atoms with Crippen molar-refractivity contribution in [1.82, 2.24) is 10.3 Å². The molecule has 4 nitrogen and oxygen atoms in total. The van der Waals surface area contributed by atoms with Gasteiger partial charge in [-0.15, -0.1) is 11.3 Å². The number of nitrogens with two attached hydrogens (primary N) is 1. The smallest absolute Gasteiger partial charge is 0.271 e. The fourth-order valence-electron chi connectivity index (χ4n) is 2.88. The van der Waals surface area contributed by atoms with Crippen LogP contribution in [0, 0.1) is 5.92 Å². The number of benzene rings is 1. The molecule has 0 aliphatic heterocycles. The highest BCUT2D eigenvalue weighted by atomic mass is 35.5. The minimum Gasteiger partial charge on any atom is -0.348 e. The molecular formula is C16H18ClN3OS. The van der Waals surface area contributed by atoms with Crippen molar-refractivity contribution in [3.8, 4) is 10.6 Å². The van der Waals surface area contributed by atoms with Gasteiger partial charge < -0.3 is 11.1 Å². The molecule has 22 heavy (non-hydrogen) atoms. The van der Waals surface area contributed by atoms with Gasteiger partial charge >= 0.3 is 0 Å². The summed E-state index contributed by atoms with van der Waals surface area (Å²) in [4.78, 5) is 16.8. The Bertz CT molecular complexity index is 673. The average Bonchev–Trinajstić information content (AvgIpc) is 3.16. The van der Waals surface area contributed by atoms with E-state index in [1.165, 1.54) is 11.3 Å². The van der Waals surface area contributed by atoms with E-state index in [1.54, 1.807) is 5.38 Å². The van der Waals surface area contributed by atoms with Crippen LogP contribution in [0.15, 0.2) is 29.6 Å². The molecule has 2 unspecified atom stereocenters. The molecule has 3 N–H and O–H groups in total. The summed E-state index contributed by atoms with van der Waals surface area (Å²) >= 11 is 7.44. The van der Waals surface area contributed by atoms with Gasteiger partial charge in [0.15, 0.2) is 0 Å². The first kappa shape index (κ1) is 15.5. The number of amides is 1. The second kappa shape index (κ2) is 6.77. The van der Waals surface area contributed by atoms with Crippen molar-refractivity contribution in [2.24, 2.45) is 11.7 Å². The van der Waals surface area contributed by atoms with Crippen LogP contribution in [0.25, 0.3) is 10.6 Å². The third-order valence-electron chi connectivity index (χ3n) is 4.09. The van der Waals surface area contributed by atoms with Crippen LogP contribution < -0.4 is 11.1 Å². The first-order valence-electron chi connectivity index (χ1n) is 7.40. The molecule has 1 aromatic carbocycles. The Morgan fingerprint density at radius 2 is 2.32 bits per heavy atom. The fourth-order valence-corrected chi connectivity index (χ4v) is 3.87. The zero-order chi connectivity index (χ0) is 15.5. The van der Waals surface area contributed by atoms with Crippen LogP contribution in [0.3, 0.4) is 0 Å². The highest BCUT2D eigenvalue weighted by Crippen LogP contribution is 2.27. The largest absolute Gasteiger partial charge is 0.348 e. The van der Waals surface area contributed by atoms with Crippen LogP contribution in [0.5, 0.6) is 0 Å². The molecule has 1 aliphatic rings. The van der Waals surface area contributed by atoms with Crippen molar-refractivity contribution < 1.29 is 4.79 Å². The number of hydrogen-bond donors (Lipinski definition) is 2. The Hall–Kier alpha value is -1.43. The van der Waals surface area contributed by atoms with Gasteiger partial charge in [-0.3, -0.25) is 4.79 Å². The monoisotopic (exact) mass is 335 g/mol. The lowest BCUT2D eigenvalue weighted by Gasteiger charge is -2.18. The zero-order valence-electron chi connectivity index (χ0n) is 12.1. The maximum Gasteiger partial charge on any atom is 0.271 e. The van der Waals surface area contributed by atoms with Crippen molar-refractivity contribution in [3.63, 3.8) is 0 Å². The summed E-state index contributed by atoms with van der Waals surface area (Å²) in [5, 5.41) is 6.32. The number of hydrogen-bond acceptors (Lipinski definition) is 4. The normalized spacial score (nSPS) is 21.0. The first-order valence-corrected chi connectivity index (χ1v) is 8.65. The second-order valence-corrected chi connectivity index (χ2v) is 6.85. The van der Waals surface area contributed by atoms with Crippen molar-refractivity contribution in [1.29, 1.82) is 0 Å². The Morgan fingerprint density at radius 1 is 1.45 bits per heavy atom. The van der Waals surface area contributed by atoms with Gasteiger partial charge in [-0.05, 0) is 37.4 Å². The predicted octanol–water partition coefficient (Wildman–Crippen LogP) is 3.32. The van der Waals surface area contributed by atoms with E-state index in [4.69, 9.17) is 17.3 Å². The van der Waals surface area contributed by atoms with Gasteiger partial charge in [0, 0.05) is 22.0 Å². The van der Waals surface area contributed by atoms with E-state index in [0.29, 0.717) is 23.2 Å². The summed E-state index contributed by atoms with van der Waals surface area (Å²) in [6, 6.07) is 7.66. The van der Waals surface area contributed by atoms with E-state index < -0.39 is 0 Å². The highest BCUT2D eigenvalue weighted by Gasteiger charge is 2.28. The third-order valence-corrected chi connectivity index (χ3v) is 5.21. The van der Waals surface area contributed by atoms with Gasteiger partial charge in [0.25, 0.3) is 5.91 Å². The van der Waals surface area contributed by atoms with Crippen LogP contribution in [0.4, 0.5) is 0 Å². The number of rotatable bonds is 4. The molecule has 0 spiro atoms. The molecule has 1 saturated carbocycles. The van der Waals surface area contributed by atoms with E-state index in [2.05, 4.69) is 10.3 Å². The number of thiazole rings is 1. The van der Waals surface area contributed by atoms with Crippen LogP contribution >= 0.6 is 22.9 Å². The Balaban J connectivity index is 1.72. The lowest BCUT2D eigenvalue weighted by molar-refractivity contribution is 0.0924. The molecule has 1 aromatic heterocycles. The lowest BCUT2D eigenvalue weighted by Crippen LogP contribution is -2.40. The predicted molar refractivity (Wildman–Crippen MR) is 90.2 cm³/mol. The molecule has 0 radical (unpaired) electrons. The van der Waals surface area contributed by atoms with Crippen molar-refractivity contribution in [2.45, 2.75) is 25.3 Å². The SMILES string of the molecule is NCC1CCCC1NC(=O)c1csc(-c2cccc(Cl)c2)n1. The minimum absolute atomic E-state index is 0.116. The first-order chi connectivity index (χ1) is 10.7. The van der Waals surface area contributed by atoms with Gasteiger partial charge in [-0.2, -0.15) is 0 Å². The molecule has 116 valence electrons. The number of aromatic nitrogens is 1. The molecule has 3 rings (SSSR count). The number of carbonyl (C=O) groups excluding carboxylic acids is 1. The number of carbonyl (C=O) groups is 1. The van der Waals surface area contributed by atoms with Gasteiger partial charge in [-0.25, -0.2) is 4.98 Å². The molecule has 1 aliphatic carbocycles. The number of nitrogens with zero attached hydrogens (tertiary/aromatic N) is 1. The molecular weight excluding hydrogens is 318 g/mol. The fraction of sp³-hybridized carbons (Fsp3) is 0.375. The van der Waals surface area contributed by atoms with Crippen LogP contribution in [-0.2, 0) is 0 Å². The summed E-state index contributed by atoms with van der Waals surface area (Å²) in [6.45, 7) is 0.621. The van der Waals surface area contributed by atoms with Crippen LogP contribution in [0.1, 0.15) is 29.8 Å². The highest BCUT2D eigenvalue weighted by molar-refractivity contribution is 7.13. The van der Waals surface area contributed by atoms with E-state index in [-0.39, 0.29) is 11.9 Å². The van der Waals surface area contributed by atoms with Gasteiger partial charge in [0.05, 0.1) is 0 Å². The molecule has 2 aromatic rings. The molecule has 6 heteroatoms. The van der Waals surface area contributed by atoms with Crippen molar-refractivity contribution in [2.75, 3.05) is 6.54 Å². The van der Waals surface area contributed by atoms with Crippen LogP contribution in [0.2, 0.25) is 5.02 Å². The Morgan fingerprint density at radius 3 is 3.09 bits per heavy atom. The molecule has 1 fully saturated rings. The number of nitrogens with one attached hydrogen (secondary N) is 1. The molecule has 2 atom stereocenters. The molecule has 1 amide bonds. The van der Waals surface area contributed by atoms with Crippen molar-refractivity contribution in [3.05, 3.63) is 40.4 Å². The average molecular weight is 336 g/mol. The maximum atomic E-state index is 12.3. The third kappa shape index (κ3) is 3.32. The summed E-state index contributed by atoms with van der Waals surface area (Å²) in [5.74, 6) is 0.268. The molecule has 0 bridgehead atoms. The lowest BCUT2D eigenvalue weighted by atomic mass is 10.0. The quantitative estimate of drug-likeness (QED) is 0.900. The van der Waals surface area contributed by atoms with Crippen molar-refractivity contribution >= 4 is 28.8 Å². The zero-order valence-corrected chi connectivity index (χ0v) is 13.7. The molecule has 1 heterocycles. The summed E-state index contributed by atoms with van der Waals surface area (Å²) in [5.41, 5.74) is 7.14. The second-order valence-electron chi connectivity index (χ2n) is 5.55. The van der Waals surface area contributed by atoms with E-state index in [1.807, 2.05) is 24.3 Å². The number of halogens is 1. The maximum absolute atomic E-state index is 12.3. The Kier molecular flexibility index (Phi) is 4.76. The van der Waals surface area contributed by atoms with Gasteiger partial charge in [-0.1, -0.05) is 30.2 Å². The Labute approximate surface area is 138 Å². The summed E-state index contributed by atoms with van der Waals surface area (Å²) in [7, 11) is 0. The summed E-state index contributed by atoms with van der Waals surface area (Å²) < 4.78 is 0. The standard InChI is InChI=1S/C16H18ClN3OS/c17-12-5-1-3-10(7-12)16-20-14(9-22-16)15(21)19-13-6-2-4-11(13)8-18/h1,3,5,7,9,11,13H,2,4,6,8,18H2,(H,19,21). The topological polar surface area (TPSA) is 68.0 Å².